The van der Waals surface area contributed by atoms with Crippen LogP contribution in [0.4, 0.5) is 0 Å². The summed E-state index contributed by atoms with van der Waals surface area (Å²) in [7, 11) is 0. The van der Waals surface area contributed by atoms with Gasteiger partial charge in [0.2, 0.25) is 0 Å². The second-order valence-corrected chi connectivity index (χ2v) is 2.89. The van der Waals surface area contributed by atoms with E-state index in [-0.39, 0.29) is 6.04 Å². The summed E-state index contributed by atoms with van der Waals surface area (Å²) in [5.74, 6) is 3.93. The van der Waals surface area contributed by atoms with Gasteiger partial charge in [-0.3, -0.25) is 0 Å². The van der Waals surface area contributed by atoms with E-state index in [0.29, 0.717) is 5.92 Å². The maximum atomic E-state index is 5.62. The van der Waals surface area contributed by atoms with Crippen molar-refractivity contribution < 1.29 is 0 Å². The predicted molar refractivity (Wildman–Crippen MR) is 38.7 cm³/mol. The minimum Gasteiger partial charge on any atom is -0.317 e. The third kappa shape index (κ3) is 1.46. The fraction of sp³-hybridized carbons (Fsp3) is 0.750. The third-order valence-electron chi connectivity index (χ3n) is 2.12. The minimum atomic E-state index is -0.0162. The topological polar surface area (TPSA) is 26.0 Å². The van der Waals surface area contributed by atoms with E-state index >= 15 is 0 Å². The first-order valence-corrected chi connectivity index (χ1v) is 3.47. The predicted octanol–water partition coefficient (Wildman–Crippen LogP) is 0.993. The molecule has 0 aliphatic heterocycles. The standard InChI is InChI=1S/C8H13N/c1-3-8(9)6(2)7-4-5-7/h1,6-8H,4-5,9H2,2H3. The van der Waals surface area contributed by atoms with Gasteiger partial charge >= 0.3 is 0 Å². The Morgan fingerprint density at radius 1 is 1.67 bits per heavy atom. The van der Waals surface area contributed by atoms with Gasteiger partial charge in [-0.15, -0.1) is 6.42 Å². The molecule has 9 heavy (non-hydrogen) atoms. The molecule has 0 spiro atoms. The fourth-order valence-electron chi connectivity index (χ4n) is 1.07. The molecule has 0 aromatic carbocycles. The molecule has 1 nitrogen and oxygen atoms in total. The maximum absolute atomic E-state index is 5.62. The molecule has 50 valence electrons. The minimum absolute atomic E-state index is 0.0162. The van der Waals surface area contributed by atoms with Crippen LogP contribution in [0.25, 0.3) is 0 Å². The maximum Gasteiger partial charge on any atom is 0.0690 e. The van der Waals surface area contributed by atoms with Crippen molar-refractivity contribution in [3.63, 3.8) is 0 Å². The molecule has 1 aliphatic carbocycles. The average Bonchev–Trinajstić information content (AvgIpc) is 2.66. The first-order chi connectivity index (χ1) is 4.25. The molecule has 2 atom stereocenters. The van der Waals surface area contributed by atoms with Crippen LogP contribution in [0.5, 0.6) is 0 Å². The number of hydrogen-bond donors (Lipinski definition) is 1. The van der Waals surface area contributed by atoms with E-state index in [0.717, 1.165) is 5.92 Å². The molecule has 1 saturated carbocycles. The number of nitrogens with two attached hydrogens (primary N) is 1. The Kier molecular flexibility index (Phi) is 1.78. The van der Waals surface area contributed by atoms with E-state index in [9.17, 15) is 0 Å². The third-order valence-corrected chi connectivity index (χ3v) is 2.12. The lowest BCUT2D eigenvalue weighted by atomic mass is 9.98. The number of rotatable bonds is 2. The normalized spacial score (nSPS) is 24.6. The number of hydrogen-bond acceptors (Lipinski definition) is 1. The van der Waals surface area contributed by atoms with Gasteiger partial charge in [0.15, 0.2) is 0 Å². The van der Waals surface area contributed by atoms with Crippen molar-refractivity contribution in [3.05, 3.63) is 0 Å². The first-order valence-electron chi connectivity index (χ1n) is 3.47. The lowest BCUT2D eigenvalue weighted by molar-refractivity contribution is 0.468. The molecule has 0 saturated heterocycles. The van der Waals surface area contributed by atoms with Crippen LogP contribution >= 0.6 is 0 Å². The summed E-state index contributed by atoms with van der Waals surface area (Å²) < 4.78 is 0. The lowest BCUT2D eigenvalue weighted by Gasteiger charge is -2.12. The Balaban J connectivity index is 2.32. The second kappa shape index (κ2) is 2.41. The highest BCUT2D eigenvalue weighted by Gasteiger charge is 2.30. The lowest BCUT2D eigenvalue weighted by Crippen LogP contribution is -2.27. The average molecular weight is 123 g/mol. The fourth-order valence-corrected chi connectivity index (χ4v) is 1.07. The molecular weight excluding hydrogens is 110 g/mol. The summed E-state index contributed by atoms with van der Waals surface area (Å²) in [5, 5.41) is 0. The van der Waals surface area contributed by atoms with E-state index in [1.54, 1.807) is 0 Å². The summed E-state index contributed by atoms with van der Waals surface area (Å²) in [6.07, 6.45) is 7.82. The monoisotopic (exact) mass is 123 g/mol. The van der Waals surface area contributed by atoms with Crippen LogP contribution < -0.4 is 5.73 Å². The van der Waals surface area contributed by atoms with Crippen molar-refractivity contribution in [2.24, 2.45) is 17.6 Å². The van der Waals surface area contributed by atoms with E-state index in [1.165, 1.54) is 12.8 Å². The Morgan fingerprint density at radius 3 is 2.56 bits per heavy atom. The highest BCUT2D eigenvalue weighted by Crippen LogP contribution is 2.37. The van der Waals surface area contributed by atoms with Crippen molar-refractivity contribution in [1.29, 1.82) is 0 Å². The Hall–Kier alpha value is -0.480. The highest BCUT2D eigenvalue weighted by molar-refractivity contribution is 5.02. The van der Waals surface area contributed by atoms with Gasteiger partial charge in [0, 0.05) is 0 Å². The van der Waals surface area contributed by atoms with Crippen molar-refractivity contribution in [2.45, 2.75) is 25.8 Å². The van der Waals surface area contributed by atoms with Crippen LogP contribution in [0.2, 0.25) is 0 Å². The largest absolute Gasteiger partial charge is 0.317 e. The molecule has 0 bridgehead atoms. The SMILES string of the molecule is C#CC(N)C(C)C1CC1. The summed E-state index contributed by atoms with van der Waals surface area (Å²) in [4.78, 5) is 0. The quantitative estimate of drug-likeness (QED) is 0.544. The van der Waals surface area contributed by atoms with Crippen LogP contribution in [-0.2, 0) is 0 Å². The Morgan fingerprint density at radius 2 is 2.22 bits per heavy atom. The summed E-state index contributed by atoms with van der Waals surface area (Å²) in [6.45, 7) is 2.14. The van der Waals surface area contributed by atoms with Crippen LogP contribution in [0.3, 0.4) is 0 Å². The van der Waals surface area contributed by atoms with Crippen LogP contribution in [0, 0.1) is 24.2 Å². The van der Waals surface area contributed by atoms with Gasteiger partial charge in [-0.25, -0.2) is 0 Å². The molecule has 0 aromatic heterocycles. The van der Waals surface area contributed by atoms with Gasteiger partial charge in [0.1, 0.15) is 0 Å². The molecule has 0 aromatic rings. The molecule has 0 amide bonds. The van der Waals surface area contributed by atoms with E-state index < -0.39 is 0 Å². The first kappa shape index (κ1) is 6.64. The molecule has 0 heterocycles. The zero-order valence-corrected chi connectivity index (χ0v) is 5.80. The zero-order chi connectivity index (χ0) is 6.85. The van der Waals surface area contributed by atoms with E-state index in [2.05, 4.69) is 12.8 Å². The molecule has 1 fully saturated rings. The molecule has 2 unspecified atom stereocenters. The van der Waals surface area contributed by atoms with E-state index in [4.69, 9.17) is 12.2 Å². The summed E-state index contributed by atoms with van der Waals surface area (Å²) in [6, 6.07) is -0.0162. The van der Waals surface area contributed by atoms with E-state index in [1.807, 2.05) is 0 Å². The van der Waals surface area contributed by atoms with Crippen molar-refractivity contribution in [1.82, 2.24) is 0 Å². The molecular formula is C8H13N. The molecule has 1 rings (SSSR count). The van der Waals surface area contributed by atoms with Crippen molar-refractivity contribution in [2.75, 3.05) is 0 Å². The zero-order valence-electron chi connectivity index (χ0n) is 5.80. The number of terminal acetylenes is 1. The molecule has 2 N–H and O–H groups in total. The Bertz CT molecular complexity index is 130. The highest BCUT2D eigenvalue weighted by atomic mass is 14.6. The Labute approximate surface area is 56.6 Å². The van der Waals surface area contributed by atoms with Gasteiger partial charge in [-0.1, -0.05) is 12.8 Å². The summed E-state index contributed by atoms with van der Waals surface area (Å²) >= 11 is 0. The van der Waals surface area contributed by atoms with Crippen LogP contribution in [0.15, 0.2) is 0 Å². The van der Waals surface area contributed by atoms with Gasteiger partial charge in [0.25, 0.3) is 0 Å². The summed E-state index contributed by atoms with van der Waals surface area (Å²) in [5.41, 5.74) is 5.62. The smallest absolute Gasteiger partial charge is 0.0690 e. The van der Waals surface area contributed by atoms with Gasteiger partial charge < -0.3 is 5.73 Å². The van der Waals surface area contributed by atoms with Crippen molar-refractivity contribution in [3.8, 4) is 12.3 Å². The molecule has 1 heteroatoms. The van der Waals surface area contributed by atoms with Gasteiger partial charge in [-0.05, 0) is 24.7 Å². The van der Waals surface area contributed by atoms with Crippen molar-refractivity contribution >= 4 is 0 Å². The van der Waals surface area contributed by atoms with Crippen LogP contribution in [0.1, 0.15) is 19.8 Å². The van der Waals surface area contributed by atoms with Crippen LogP contribution in [-0.4, -0.2) is 6.04 Å². The molecule has 0 radical (unpaired) electrons. The van der Waals surface area contributed by atoms with Gasteiger partial charge in [-0.2, -0.15) is 0 Å². The van der Waals surface area contributed by atoms with Gasteiger partial charge in [0.05, 0.1) is 6.04 Å². The second-order valence-electron chi connectivity index (χ2n) is 2.89. The molecule has 1 aliphatic rings.